The van der Waals surface area contributed by atoms with Crippen molar-refractivity contribution in [2.24, 2.45) is 16.7 Å². The van der Waals surface area contributed by atoms with Crippen LogP contribution >= 0.6 is 0 Å². The van der Waals surface area contributed by atoms with Gasteiger partial charge in [-0.15, -0.1) is 0 Å². The first-order valence-corrected chi connectivity index (χ1v) is 12.3. The second-order valence-corrected chi connectivity index (χ2v) is 11.6. The molecular weight excluding hydrogens is 431 g/mol. The number of piperidine rings is 1. The van der Waals surface area contributed by atoms with Gasteiger partial charge in [-0.05, 0) is 49.1 Å². The van der Waals surface area contributed by atoms with E-state index in [-0.39, 0.29) is 28.9 Å². The number of sulfonamides is 1. The zero-order valence-corrected chi connectivity index (χ0v) is 18.5. The molecule has 2 bridgehead atoms. The van der Waals surface area contributed by atoms with E-state index in [4.69, 9.17) is 0 Å². The van der Waals surface area contributed by atoms with Gasteiger partial charge in [-0.2, -0.15) is 13.2 Å². The lowest BCUT2D eigenvalue weighted by atomic mass is 9.70. The van der Waals surface area contributed by atoms with Crippen LogP contribution in [0.5, 0.6) is 0 Å². The van der Waals surface area contributed by atoms with Gasteiger partial charge in [-0.3, -0.25) is 4.79 Å². The van der Waals surface area contributed by atoms with Crippen LogP contribution in [0.25, 0.3) is 0 Å². The van der Waals surface area contributed by atoms with Gasteiger partial charge in [0.25, 0.3) is 0 Å². The highest BCUT2D eigenvalue weighted by Crippen LogP contribution is 2.64. The van der Waals surface area contributed by atoms with Crippen LogP contribution in [0.4, 0.5) is 19.0 Å². The molecule has 2 atom stereocenters. The second-order valence-electron chi connectivity index (χ2n) is 9.67. The predicted molar refractivity (Wildman–Crippen MR) is 110 cm³/mol. The van der Waals surface area contributed by atoms with E-state index in [9.17, 15) is 26.4 Å². The molecule has 1 saturated heterocycles. The Labute approximate surface area is 180 Å². The molecule has 1 aromatic heterocycles. The van der Waals surface area contributed by atoms with Crippen LogP contribution in [0, 0.1) is 16.7 Å². The number of nitrogens with one attached hydrogen (secondary N) is 1. The molecule has 0 spiro atoms. The first kappa shape index (κ1) is 22.5. The van der Waals surface area contributed by atoms with Gasteiger partial charge in [0.1, 0.15) is 11.6 Å². The lowest BCUT2D eigenvalue weighted by Gasteiger charge is -2.39. The highest BCUT2D eigenvalue weighted by molar-refractivity contribution is 7.89. The van der Waals surface area contributed by atoms with E-state index in [1.54, 1.807) is 0 Å². The number of anilines is 1. The van der Waals surface area contributed by atoms with Gasteiger partial charge in [0.05, 0.1) is 11.3 Å². The number of nitrogens with zero attached hydrogens (tertiary/aromatic N) is 2. The maximum atomic E-state index is 13.2. The molecule has 31 heavy (non-hydrogen) atoms. The van der Waals surface area contributed by atoms with Crippen LogP contribution in [0.2, 0.25) is 0 Å². The molecule has 1 N–H and O–H groups in total. The lowest BCUT2D eigenvalue weighted by molar-refractivity contribution is -0.137. The summed E-state index contributed by atoms with van der Waals surface area (Å²) in [6.07, 6.45) is -0.574. The van der Waals surface area contributed by atoms with Gasteiger partial charge in [0.15, 0.2) is 0 Å². The summed E-state index contributed by atoms with van der Waals surface area (Å²) in [5.41, 5.74) is -1.89. The summed E-state index contributed by atoms with van der Waals surface area (Å²) in [6, 6.07) is 2.19. The number of alkyl halides is 3. The number of Topliss-reactive ketones (excluding diaryl/α,β-unsaturated/α-hetero) is 1. The maximum Gasteiger partial charge on any atom is 0.417 e. The third-order valence-electron chi connectivity index (χ3n) is 7.86. The minimum absolute atomic E-state index is 0.0748. The van der Waals surface area contributed by atoms with Crippen LogP contribution in [-0.4, -0.2) is 48.4 Å². The minimum atomic E-state index is -4.43. The average Bonchev–Trinajstić information content (AvgIpc) is 3.02. The number of hydrogen-bond donors (Lipinski definition) is 1. The molecule has 2 heterocycles. The molecule has 2 saturated carbocycles. The third-order valence-corrected chi connectivity index (χ3v) is 9.87. The van der Waals surface area contributed by atoms with E-state index < -0.39 is 27.2 Å². The van der Waals surface area contributed by atoms with Crippen LogP contribution in [0.3, 0.4) is 0 Å². The summed E-state index contributed by atoms with van der Waals surface area (Å²) in [4.78, 5) is 16.5. The number of rotatable bonds is 5. The fraction of sp³-hybridized carbons (Fsp3) is 0.714. The summed E-state index contributed by atoms with van der Waals surface area (Å²) in [7, 11) is -3.59. The molecular formula is C21H28F3N3O3S. The summed E-state index contributed by atoms with van der Waals surface area (Å²) in [5.74, 6) is 0.563. The van der Waals surface area contributed by atoms with Crippen molar-refractivity contribution in [3.8, 4) is 0 Å². The largest absolute Gasteiger partial charge is 0.417 e. The number of pyridine rings is 1. The Balaban J connectivity index is 1.37. The zero-order valence-electron chi connectivity index (χ0n) is 17.7. The molecule has 6 nitrogen and oxygen atoms in total. The standard InChI is InChI=1S/C21H28F3N3O3S/c1-19(2)14-5-8-20(19,17(28)11-14)13-31(29,30)27-9-6-16(7-10-27)26-18-4-3-15(12-25-18)21(22,23)24/h3-4,12,14,16H,5-11,13H2,1-2H3,(H,25,26)/t14-,20+/m1/s1. The molecule has 1 aliphatic heterocycles. The number of hydrogen-bond acceptors (Lipinski definition) is 5. The number of carbonyl (C=O) groups is 1. The number of fused-ring (bicyclic) bond motifs is 2. The average molecular weight is 460 g/mol. The highest BCUT2D eigenvalue weighted by atomic mass is 32.2. The van der Waals surface area contributed by atoms with Gasteiger partial charge >= 0.3 is 6.18 Å². The van der Waals surface area contributed by atoms with Crippen LogP contribution in [0.15, 0.2) is 18.3 Å². The summed E-state index contributed by atoms with van der Waals surface area (Å²) >= 11 is 0. The topological polar surface area (TPSA) is 79.4 Å². The number of carbonyl (C=O) groups excluding carboxylic acids is 1. The zero-order chi connectivity index (χ0) is 22.7. The summed E-state index contributed by atoms with van der Waals surface area (Å²) in [6.45, 7) is 4.68. The maximum absolute atomic E-state index is 13.2. The van der Waals surface area contributed by atoms with E-state index in [1.807, 2.05) is 13.8 Å². The van der Waals surface area contributed by atoms with Gasteiger partial charge in [-0.25, -0.2) is 17.7 Å². The summed E-state index contributed by atoms with van der Waals surface area (Å²) < 4.78 is 65.8. The molecule has 0 unspecified atom stereocenters. The highest BCUT2D eigenvalue weighted by Gasteiger charge is 2.65. The van der Waals surface area contributed by atoms with Crippen molar-refractivity contribution in [3.63, 3.8) is 0 Å². The molecule has 4 rings (SSSR count). The SMILES string of the molecule is CC1(C)[C@@H]2CC[C@]1(CS(=O)(=O)N1CCC(Nc3ccc(C(F)(F)F)cn3)CC1)C(=O)C2. The Morgan fingerprint density at radius 1 is 1.19 bits per heavy atom. The Hall–Kier alpha value is -1.68. The minimum Gasteiger partial charge on any atom is -0.367 e. The smallest absolute Gasteiger partial charge is 0.367 e. The second kappa shape index (κ2) is 7.43. The summed E-state index contributed by atoms with van der Waals surface area (Å²) in [5, 5.41) is 3.10. The fourth-order valence-corrected chi connectivity index (χ4v) is 7.90. The first-order chi connectivity index (χ1) is 14.3. The van der Waals surface area contributed by atoms with E-state index in [1.165, 1.54) is 10.4 Å². The number of aromatic nitrogens is 1. The Morgan fingerprint density at radius 2 is 1.87 bits per heavy atom. The molecule has 0 radical (unpaired) electrons. The normalized spacial score (nSPS) is 29.5. The molecule has 0 amide bonds. The Kier molecular flexibility index (Phi) is 5.40. The van der Waals surface area contributed by atoms with Crippen molar-refractivity contribution < 1.29 is 26.4 Å². The van der Waals surface area contributed by atoms with E-state index in [0.29, 0.717) is 44.6 Å². The van der Waals surface area contributed by atoms with E-state index >= 15 is 0 Å². The van der Waals surface area contributed by atoms with Crippen molar-refractivity contribution in [1.29, 1.82) is 0 Å². The molecule has 3 fully saturated rings. The van der Waals surface area contributed by atoms with Crippen molar-refractivity contribution in [1.82, 2.24) is 9.29 Å². The molecule has 0 aromatic carbocycles. The van der Waals surface area contributed by atoms with Crippen molar-refractivity contribution in [2.75, 3.05) is 24.2 Å². The Bertz CT molecular complexity index is 954. The quantitative estimate of drug-likeness (QED) is 0.726. The van der Waals surface area contributed by atoms with Crippen LogP contribution < -0.4 is 5.32 Å². The van der Waals surface area contributed by atoms with Gasteiger partial charge < -0.3 is 5.32 Å². The predicted octanol–water partition coefficient (Wildman–Crippen LogP) is 3.70. The molecule has 172 valence electrons. The number of ketones is 1. The molecule has 2 aliphatic carbocycles. The van der Waals surface area contributed by atoms with Gasteiger partial charge in [0, 0.05) is 37.2 Å². The van der Waals surface area contributed by atoms with Gasteiger partial charge in [-0.1, -0.05) is 13.8 Å². The lowest BCUT2D eigenvalue weighted by Crippen LogP contribution is -2.49. The number of halogens is 3. The van der Waals surface area contributed by atoms with Crippen LogP contribution in [-0.2, 0) is 21.0 Å². The van der Waals surface area contributed by atoms with E-state index in [0.717, 1.165) is 18.7 Å². The molecule has 3 aliphatic rings. The Morgan fingerprint density at radius 3 is 2.35 bits per heavy atom. The fourth-order valence-electron chi connectivity index (χ4n) is 5.65. The molecule has 1 aromatic rings. The molecule has 10 heteroatoms. The van der Waals surface area contributed by atoms with Crippen LogP contribution in [0.1, 0.15) is 51.5 Å². The monoisotopic (exact) mass is 459 g/mol. The van der Waals surface area contributed by atoms with Crippen molar-refractivity contribution in [3.05, 3.63) is 23.9 Å². The third kappa shape index (κ3) is 3.86. The van der Waals surface area contributed by atoms with Gasteiger partial charge in [0.2, 0.25) is 10.0 Å². The van der Waals surface area contributed by atoms with Crippen molar-refractivity contribution in [2.45, 2.75) is 58.2 Å². The van der Waals surface area contributed by atoms with E-state index in [2.05, 4.69) is 10.3 Å². The van der Waals surface area contributed by atoms with Crippen molar-refractivity contribution >= 4 is 21.6 Å². The first-order valence-electron chi connectivity index (χ1n) is 10.7.